The fraction of sp³-hybridized carbons (Fsp3) is 0.107. The molecule has 0 aliphatic carbocycles. The van der Waals surface area contributed by atoms with Gasteiger partial charge in [0, 0.05) is 87.4 Å². The van der Waals surface area contributed by atoms with Crippen LogP contribution in [0, 0.1) is 0 Å². The van der Waals surface area contributed by atoms with E-state index in [1.54, 1.807) is 6.20 Å². The maximum Gasteiger partial charge on any atom is 0.0674 e. The number of aromatic amines is 1. The van der Waals surface area contributed by atoms with Crippen molar-refractivity contribution < 1.29 is 0 Å². The van der Waals surface area contributed by atoms with Crippen molar-refractivity contribution >= 4 is 22.0 Å². The van der Waals surface area contributed by atoms with E-state index in [1.807, 2.05) is 30.9 Å². The SMILES string of the molecule is CC1=CC=C(C)C(c2cnc3c(c2)C(c2cc4c(-c5cccnc5)cncc4[nH]2)=CNC3)=CN1. The predicted octanol–water partition coefficient (Wildman–Crippen LogP) is 5.31. The van der Waals surface area contributed by atoms with Crippen LogP contribution in [0.2, 0.25) is 0 Å². The first kappa shape index (κ1) is 20.2. The second-order valence-electron chi connectivity index (χ2n) is 8.63. The average Bonchev–Trinajstić information content (AvgIpc) is 3.24. The van der Waals surface area contributed by atoms with E-state index in [9.17, 15) is 0 Å². The lowest BCUT2D eigenvalue weighted by molar-refractivity contribution is 0.816. The molecule has 0 fully saturated rings. The van der Waals surface area contributed by atoms with Crippen molar-refractivity contribution in [2.45, 2.75) is 20.4 Å². The van der Waals surface area contributed by atoms with Crippen LogP contribution >= 0.6 is 0 Å². The van der Waals surface area contributed by atoms with Crippen LogP contribution < -0.4 is 10.6 Å². The Morgan fingerprint density at radius 1 is 0.853 bits per heavy atom. The van der Waals surface area contributed by atoms with Crippen LogP contribution in [-0.4, -0.2) is 19.9 Å². The number of pyridine rings is 3. The van der Waals surface area contributed by atoms with Gasteiger partial charge in [-0.2, -0.15) is 0 Å². The maximum absolute atomic E-state index is 4.82. The third-order valence-electron chi connectivity index (χ3n) is 6.35. The van der Waals surface area contributed by atoms with Gasteiger partial charge in [-0.25, -0.2) is 0 Å². The molecule has 0 atom stereocenters. The van der Waals surface area contributed by atoms with Crippen LogP contribution in [0.1, 0.15) is 36.4 Å². The summed E-state index contributed by atoms with van der Waals surface area (Å²) in [6, 6.07) is 8.44. The van der Waals surface area contributed by atoms with E-state index < -0.39 is 0 Å². The number of allylic oxidation sites excluding steroid dienone is 5. The van der Waals surface area contributed by atoms with Gasteiger partial charge in [-0.05, 0) is 43.7 Å². The van der Waals surface area contributed by atoms with Gasteiger partial charge in [0.05, 0.1) is 24.0 Å². The normalized spacial score (nSPS) is 15.2. The molecular weight excluding hydrogens is 420 g/mol. The average molecular weight is 445 g/mol. The standard InChI is InChI=1S/C28H24N6/c1-17-5-6-18(2)32-14-23(17)20-8-21-25(13-31-15-27(21)33-11-20)26-9-22-24(12-30-16-28(22)34-26)19-4-3-7-29-10-19/h3-14,16,31-32,34H,15H2,1-2H3. The molecule has 6 nitrogen and oxygen atoms in total. The van der Waals surface area contributed by atoms with E-state index in [2.05, 4.69) is 82.2 Å². The first-order valence-electron chi connectivity index (χ1n) is 11.3. The van der Waals surface area contributed by atoms with Crippen LogP contribution in [0.15, 0.2) is 91.1 Å². The van der Waals surface area contributed by atoms with Crippen molar-refractivity contribution in [2.75, 3.05) is 0 Å². The summed E-state index contributed by atoms with van der Waals surface area (Å²) in [5.41, 5.74) is 11.9. The van der Waals surface area contributed by atoms with Gasteiger partial charge in [-0.1, -0.05) is 12.1 Å². The van der Waals surface area contributed by atoms with Crippen molar-refractivity contribution in [3.63, 3.8) is 0 Å². The predicted molar refractivity (Wildman–Crippen MR) is 136 cm³/mol. The van der Waals surface area contributed by atoms with Crippen molar-refractivity contribution in [1.29, 1.82) is 0 Å². The zero-order valence-electron chi connectivity index (χ0n) is 19.1. The Hall–Kier alpha value is -4.45. The summed E-state index contributed by atoms with van der Waals surface area (Å²) in [6.07, 6.45) is 17.8. The molecule has 6 heteroatoms. The molecule has 2 aliphatic rings. The summed E-state index contributed by atoms with van der Waals surface area (Å²) in [5, 5.41) is 7.86. The zero-order chi connectivity index (χ0) is 23.1. The number of H-pyrrole nitrogens is 1. The van der Waals surface area contributed by atoms with Gasteiger partial charge in [0.25, 0.3) is 0 Å². The Labute approximate surface area is 197 Å². The lowest BCUT2D eigenvalue weighted by Crippen LogP contribution is -2.16. The summed E-state index contributed by atoms with van der Waals surface area (Å²) in [5.74, 6) is 0. The molecule has 0 aromatic carbocycles. The summed E-state index contributed by atoms with van der Waals surface area (Å²) >= 11 is 0. The first-order valence-corrected chi connectivity index (χ1v) is 11.3. The molecule has 6 rings (SSSR count). The smallest absolute Gasteiger partial charge is 0.0674 e. The highest BCUT2D eigenvalue weighted by Crippen LogP contribution is 2.35. The van der Waals surface area contributed by atoms with Crippen LogP contribution in [0.5, 0.6) is 0 Å². The van der Waals surface area contributed by atoms with Crippen LogP contribution in [0.3, 0.4) is 0 Å². The molecule has 4 aromatic heterocycles. The Bertz CT molecular complexity index is 1540. The van der Waals surface area contributed by atoms with E-state index >= 15 is 0 Å². The number of nitrogens with zero attached hydrogens (tertiary/aromatic N) is 3. The highest BCUT2D eigenvalue weighted by Gasteiger charge is 2.20. The van der Waals surface area contributed by atoms with E-state index in [-0.39, 0.29) is 0 Å². The summed E-state index contributed by atoms with van der Waals surface area (Å²) in [7, 11) is 0. The molecule has 0 unspecified atom stereocenters. The number of hydrogen-bond donors (Lipinski definition) is 3. The molecule has 4 aromatic rings. The van der Waals surface area contributed by atoms with Gasteiger partial charge in [0.15, 0.2) is 0 Å². The van der Waals surface area contributed by atoms with Crippen LogP contribution in [0.25, 0.3) is 33.2 Å². The van der Waals surface area contributed by atoms with Gasteiger partial charge in [0.2, 0.25) is 0 Å². The van der Waals surface area contributed by atoms with Gasteiger partial charge < -0.3 is 15.6 Å². The minimum atomic E-state index is 0.703. The summed E-state index contributed by atoms with van der Waals surface area (Å²) in [6.45, 7) is 4.89. The molecule has 34 heavy (non-hydrogen) atoms. The van der Waals surface area contributed by atoms with E-state index in [0.29, 0.717) is 6.54 Å². The van der Waals surface area contributed by atoms with E-state index in [0.717, 1.165) is 61.4 Å². The largest absolute Gasteiger partial charge is 0.385 e. The first-order chi connectivity index (χ1) is 16.7. The second kappa shape index (κ2) is 8.15. The fourth-order valence-electron chi connectivity index (χ4n) is 4.51. The van der Waals surface area contributed by atoms with Gasteiger partial charge >= 0.3 is 0 Å². The maximum atomic E-state index is 4.82. The monoisotopic (exact) mass is 444 g/mol. The molecule has 0 bridgehead atoms. The molecule has 0 saturated heterocycles. The third-order valence-corrected chi connectivity index (χ3v) is 6.35. The lowest BCUT2D eigenvalue weighted by atomic mass is 9.94. The van der Waals surface area contributed by atoms with Crippen LogP contribution in [0.4, 0.5) is 0 Å². The van der Waals surface area contributed by atoms with Crippen molar-refractivity contribution in [3.05, 3.63) is 114 Å². The quantitative estimate of drug-likeness (QED) is 0.399. The minimum absolute atomic E-state index is 0.703. The molecule has 0 spiro atoms. The lowest BCUT2D eigenvalue weighted by Gasteiger charge is -2.19. The summed E-state index contributed by atoms with van der Waals surface area (Å²) < 4.78 is 0. The third kappa shape index (κ3) is 3.49. The van der Waals surface area contributed by atoms with Crippen molar-refractivity contribution in [2.24, 2.45) is 0 Å². The van der Waals surface area contributed by atoms with Crippen LogP contribution in [-0.2, 0) is 6.54 Å². The van der Waals surface area contributed by atoms with E-state index in [1.165, 1.54) is 5.57 Å². The molecule has 3 N–H and O–H groups in total. The molecule has 6 heterocycles. The summed E-state index contributed by atoms with van der Waals surface area (Å²) in [4.78, 5) is 17.1. The Morgan fingerprint density at radius 2 is 1.79 bits per heavy atom. The highest BCUT2D eigenvalue weighted by molar-refractivity contribution is 5.98. The molecule has 0 saturated carbocycles. The Balaban J connectivity index is 1.45. The Morgan fingerprint density at radius 3 is 2.68 bits per heavy atom. The van der Waals surface area contributed by atoms with Gasteiger partial charge in [-0.15, -0.1) is 0 Å². The second-order valence-corrected chi connectivity index (χ2v) is 8.63. The number of rotatable bonds is 3. The minimum Gasteiger partial charge on any atom is -0.385 e. The zero-order valence-corrected chi connectivity index (χ0v) is 19.1. The molecule has 0 amide bonds. The fourth-order valence-corrected chi connectivity index (χ4v) is 4.51. The Kier molecular flexibility index (Phi) is 4.84. The number of nitrogens with one attached hydrogen (secondary N) is 3. The number of aromatic nitrogens is 4. The van der Waals surface area contributed by atoms with Gasteiger partial charge in [-0.3, -0.25) is 15.0 Å². The van der Waals surface area contributed by atoms with Crippen molar-refractivity contribution in [1.82, 2.24) is 30.6 Å². The molecule has 166 valence electrons. The highest BCUT2D eigenvalue weighted by atomic mass is 14.9. The number of fused-ring (bicyclic) bond motifs is 2. The van der Waals surface area contributed by atoms with E-state index in [4.69, 9.17) is 4.98 Å². The topological polar surface area (TPSA) is 78.5 Å². The molecule has 0 radical (unpaired) electrons. The number of hydrogen-bond acceptors (Lipinski definition) is 5. The van der Waals surface area contributed by atoms with Gasteiger partial charge in [0.1, 0.15) is 0 Å². The van der Waals surface area contributed by atoms with Crippen molar-refractivity contribution in [3.8, 4) is 11.1 Å². The molecular formula is C28H24N6. The molecule has 2 aliphatic heterocycles.